The maximum Gasteiger partial charge on any atom is 0.293 e. The lowest BCUT2D eigenvalue weighted by Crippen LogP contribution is -2.03. The monoisotopic (exact) mass is 284 g/mol. The summed E-state index contributed by atoms with van der Waals surface area (Å²) in [6.07, 6.45) is 4.82. The Morgan fingerprint density at radius 2 is 2.31 bits per heavy atom. The quantitative estimate of drug-likeness (QED) is 0.388. The van der Waals surface area contributed by atoms with Crippen LogP contribution in [0.5, 0.6) is 0 Å². The van der Waals surface area contributed by atoms with Crippen LogP contribution in [0.2, 0.25) is 0 Å². The van der Waals surface area contributed by atoms with Crippen molar-refractivity contribution in [3.63, 3.8) is 0 Å². The van der Waals surface area contributed by atoms with E-state index in [4.69, 9.17) is 0 Å². The van der Waals surface area contributed by atoms with E-state index in [2.05, 4.69) is 21.2 Å². The van der Waals surface area contributed by atoms with Gasteiger partial charge in [-0.15, -0.1) is 0 Å². The second kappa shape index (κ2) is 6.27. The molecule has 86 valence electrons. The standard InChI is InChI=1S/C11H13BrN2O2/c1-2-3-4-7-13-10-6-5-9(12)8-11(10)14(15)16/h2-3,5-6,8,13H,4,7H2,1H3/b3-2+. The summed E-state index contributed by atoms with van der Waals surface area (Å²) in [5.74, 6) is 0. The van der Waals surface area contributed by atoms with Gasteiger partial charge in [-0.1, -0.05) is 28.1 Å². The molecule has 0 unspecified atom stereocenters. The molecule has 0 aliphatic carbocycles. The van der Waals surface area contributed by atoms with Crippen molar-refractivity contribution in [3.8, 4) is 0 Å². The molecule has 0 saturated heterocycles. The van der Waals surface area contributed by atoms with Gasteiger partial charge in [0.05, 0.1) is 4.92 Å². The Morgan fingerprint density at radius 1 is 1.56 bits per heavy atom. The van der Waals surface area contributed by atoms with Crippen LogP contribution in [0.15, 0.2) is 34.8 Å². The third kappa shape index (κ3) is 3.66. The number of nitro groups is 1. The van der Waals surface area contributed by atoms with Crippen LogP contribution in [0.3, 0.4) is 0 Å². The van der Waals surface area contributed by atoms with Crippen LogP contribution in [0.1, 0.15) is 13.3 Å². The summed E-state index contributed by atoms with van der Waals surface area (Å²) < 4.78 is 0.707. The number of benzene rings is 1. The Bertz CT molecular complexity index is 405. The SMILES string of the molecule is C/C=C/CCNc1ccc(Br)cc1[N+](=O)[O-]. The van der Waals surface area contributed by atoms with Crippen molar-refractivity contribution < 1.29 is 4.92 Å². The van der Waals surface area contributed by atoms with E-state index < -0.39 is 0 Å². The molecule has 5 heteroatoms. The van der Waals surface area contributed by atoms with Crippen LogP contribution >= 0.6 is 15.9 Å². The second-order valence-electron chi connectivity index (χ2n) is 3.20. The average Bonchev–Trinajstić information content (AvgIpc) is 2.26. The first-order valence-corrected chi connectivity index (χ1v) is 5.73. The van der Waals surface area contributed by atoms with E-state index in [9.17, 15) is 10.1 Å². The molecule has 0 aliphatic rings. The molecule has 0 atom stereocenters. The Kier molecular flexibility index (Phi) is 4.98. The fourth-order valence-electron chi connectivity index (χ4n) is 1.26. The summed E-state index contributed by atoms with van der Waals surface area (Å²) in [4.78, 5) is 10.4. The fourth-order valence-corrected chi connectivity index (χ4v) is 1.61. The third-order valence-corrected chi connectivity index (χ3v) is 2.51. The minimum Gasteiger partial charge on any atom is -0.379 e. The minimum absolute atomic E-state index is 0.0925. The zero-order chi connectivity index (χ0) is 12.0. The van der Waals surface area contributed by atoms with Crippen LogP contribution in [-0.2, 0) is 0 Å². The molecule has 0 fully saturated rings. The van der Waals surface area contributed by atoms with Crippen molar-refractivity contribution in [3.05, 3.63) is 44.9 Å². The van der Waals surface area contributed by atoms with Gasteiger partial charge in [0, 0.05) is 17.1 Å². The van der Waals surface area contributed by atoms with Crippen LogP contribution in [0.4, 0.5) is 11.4 Å². The summed E-state index contributed by atoms with van der Waals surface area (Å²) in [5, 5.41) is 13.8. The predicted molar refractivity (Wildman–Crippen MR) is 68.7 cm³/mol. The highest BCUT2D eigenvalue weighted by Gasteiger charge is 2.12. The number of allylic oxidation sites excluding steroid dienone is 1. The number of rotatable bonds is 5. The number of nitro benzene ring substituents is 1. The average molecular weight is 285 g/mol. The van der Waals surface area contributed by atoms with Crippen molar-refractivity contribution in [2.75, 3.05) is 11.9 Å². The molecule has 0 spiro atoms. The minimum atomic E-state index is -0.386. The van der Waals surface area contributed by atoms with Crippen LogP contribution in [0, 0.1) is 10.1 Å². The van der Waals surface area contributed by atoms with Crippen molar-refractivity contribution in [1.82, 2.24) is 0 Å². The van der Waals surface area contributed by atoms with Crippen molar-refractivity contribution in [2.24, 2.45) is 0 Å². The number of nitrogens with zero attached hydrogens (tertiary/aromatic N) is 1. The predicted octanol–water partition coefficient (Wildman–Crippen LogP) is 3.74. The Hall–Kier alpha value is -1.36. The van der Waals surface area contributed by atoms with E-state index >= 15 is 0 Å². The van der Waals surface area contributed by atoms with E-state index in [-0.39, 0.29) is 10.6 Å². The summed E-state index contributed by atoms with van der Waals surface area (Å²) in [6.45, 7) is 2.63. The summed E-state index contributed by atoms with van der Waals surface area (Å²) in [5.41, 5.74) is 0.646. The van der Waals surface area contributed by atoms with Crippen LogP contribution < -0.4 is 5.32 Å². The highest BCUT2D eigenvalue weighted by atomic mass is 79.9. The summed E-state index contributed by atoms with van der Waals surface area (Å²) >= 11 is 3.21. The molecule has 16 heavy (non-hydrogen) atoms. The number of hydrogen-bond acceptors (Lipinski definition) is 3. The van der Waals surface area contributed by atoms with Gasteiger partial charge in [0.15, 0.2) is 0 Å². The number of hydrogen-bond donors (Lipinski definition) is 1. The molecule has 0 radical (unpaired) electrons. The topological polar surface area (TPSA) is 55.2 Å². The van der Waals surface area contributed by atoms with Crippen molar-refractivity contribution in [1.29, 1.82) is 0 Å². The van der Waals surface area contributed by atoms with Gasteiger partial charge in [0.1, 0.15) is 5.69 Å². The molecule has 0 amide bonds. The van der Waals surface area contributed by atoms with E-state index in [0.717, 1.165) is 6.42 Å². The van der Waals surface area contributed by atoms with Gasteiger partial charge in [0.2, 0.25) is 0 Å². The van der Waals surface area contributed by atoms with Gasteiger partial charge in [-0.05, 0) is 25.5 Å². The van der Waals surface area contributed by atoms with E-state index in [1.54, 1.807) is 12.1 Å². The molecule has 1 rings (SSSR count). The molecule has 1 N–H and O–H groups in total. The first-order valence-electron chi connectivity index (χ1n) is 4.94. The molecule has 4 nitrogen and oxygen atoms in total. The van der Waals surface area contributed by atoms with Gasteiger partial charge in [-0.25, -0.2) is 0 Å². The van der Waals surface area contributed by atoms with Crippen LogP contribution in [-0.4, -0.2) is 11.5 Å². The van der Waals surface area contributed by atoms with Gasteiger partial charge in [-0.3, -0.25) is 10.1 Å². The van der Waals surface area contributed by atoms with Gasteiger partial charge in [-0.2, -0.15) is 0 Å². The van der Waals surface area contributed by atoms with Gasteiger partial charge in [0.25, 0.3) is 5.69 Å². The molecule has 0 saturated carbocycles. The lowest BCUT2D eigenvalue weighted by atomic mass is 10.2. The first kappa shape index (κ1) is 12.7. The van der Waals surface area contributed by atoms with E-state index in [1.807, 2.05) is 19.1 Å². The Morgan fingerprint density at radius 3 is 2.94 bits per heavy atom. The van der Waals surface area contributed by atoms with Gasteiger partial charge < -0.3 is 5.32 Å². The molecule has 1 aromatic rings. The van der Waals surface area contributed by atoms with E-state index in [1.165, 1.54) is 6.07 Å². The Balaban J connectivity index is 2.75. The number of anilines is 1. The Labute approximate surface area is 103 Å². The van der Waals surface area contributed by atoms with Crippen LogP contribution in [0.25, 0.3) is 0 Å². The lowest BCUT2D eigenvalue weighted by Gasteiger charge is -2.05. The summed E-state index contributed by atoms with van der Waals surface area (Å²) in [6, 6.07) is 4.99. The summed E-state index contributed by atoms with van der Waals surface area (Å²) in [7, 11) is 0. The lowest BCUT2D eigenvalue weighted by molar-refractivity contribution is -0.384. The maximum atomic E-state index is 10.8. The fraction of sp³-hybridized carbons (Fsp3) is 0.273. The molecule has 1 aromatic carbocycles. The van der Waals surface area contributed by atoms with Gasteiger partial charge >= 0.3 is 0 Å². The zero-order valence-corrected chi connectivity index (χ0v) is 10.5. The molecule has 0 aliphatic heterocycles. The maximum absolute atomic E-state index is 10.8. The normalized spacial score (nSPS) is 10.6. The molecule has 0 bridgehead atoms. The zero-order valence-electron chi connectivity index (χ0n) is 8.94. The van der Waals surface area contributed by atoms with Crippen molar-refractivity contribution >= 4 is 27.3 Å². The largest absolute Gasteiger partial charge is 0.379 e. The third-order valence-electron chi connectivity index (χ3n) is 2.02. The molecule has 0 heterocycles. The first-order chi connectivity index (χ1) is 7.65. The highest BCUT2D eigenvalue weighted by molar-refractivity contribution is 9.10. The smallest absolute Gasteiger partial charge is 0.293 e. The number of nitrogens with one attached hydrogen (secondary N) is 1. The molecular formula is C11H13BrN2O2. The molecule has 0 aromatic heterocycles. The second-order valence-corrected chi connectivity index (χ2v) is 4.12. The molecular weight excluding hydrogens is 272 g/mol. The number of halogens is 1. The van der Waals surface area contributed by atoms with E-state index in [0.29, 0.717) is 16.7 Å². The highest BCUT2D eigenvalue weighted by Crippen LogP contribution is 2.27. The van der Waals surface area contributed by atoms with Crippen molar-refractivity contribution in [2.45, 2.75) is 13.3 Å².